The number of alkyl halides is 3. The molecule has 6 nitrogen and oxygen atoms in total. The van der Waals surface area contributed by atoms with Crippen molar-refractivity contribution in [1.82, 2.24) is 24.9 Å². The molecule has 152 valence electrons. The van der Waals surface area contributed by atoms with E-state index in [2.05, 4.69) is 20.4 Å². The molecule has 4 rings (SSSR count). The maximum Gasteiger partial charge on any atom is 0.416 e. The van der Waals surface area contributed by atoms with Gasteiger partial charge in [-0.15, -0.1) is 0 Å². The van der Waals surface area contributed by atoms with Gasteiger partial charge >= 0.3 is 6.18 Å². The maximum atomic E-state index is 13.0. The van der Waals surface area contributed by atoms with E-state index < -0.39 is 11.7 Å². The summed E-state index contributed by atoms with van der Waals surface area (Å²) in [5.74, 6) is -0.324. The number of rotatable bonds is 4. The van der Waals surface area contributed by atoms with Crippen molar-refractivity contribution < 1.29 is 18.0 Å². The van der Waals surface area contributed by atoms with Crippen molar-refractivity contribution in [2.45, 2.75) is 19.6 Å². The van der Waals surface area contributed by atoms with Crippen molar-refractivity contribution in [2.75, 3.05) is 0 Å². The van der Waals surface area contributed by atoms with E-state index >= 15 is 0 Å². The number of benzene rings is 1. The number of aromatic nitrogens is 4. The second-order valence-corrected chi connectivity index (χ2v) is 6.67. The first kappa shape index (κ1) is 19.6. The molecule has 0 aliphatic carbocycles. The second kappa shape index (κ2) is 7.58. The summed E-state index contributed by atoms with van der Waals surface area (Å²) in [5, 5.41) is 7.04. The fraction of sp³-hybridized carbons (Fsp3) is 0.143. The predicted molar refractivity (Wildman–Crippen MR) is 104 cm³/mol. The first-order valence-electron chi connectivity index (χ1n) is 9.02. The highest BCUT2D eigenvalue weighted by molar-refractivity contribution is 5.95. The quantitative estimate of drug-likeness (QED) is 0.550. The fourth-order valence-electron chi connectivity index (χ4n) is 3.11. The van der Waals surface area contributed by atoms with E-state index in [0.717, 1.165) is 17.7 Å². The number of hydrogen-bond donors (Lipinski definition) is 1. The number of halogens is 3. The Balaban J connectivity index is 1.64. The van der Waals surface area contributed by atoms with Crippen LogP contribution in [0.4, 0.5) is 13.2 Å². The van der Waals surface area contributed by atoms with E-state index in [4.69, 9.17) is 0 Å². The Morgan fingerprint density at radius 3 is 2.63 bits per heavy atom. The Labute approximate surface area is 169 Å². The van der Waals surface area contributed by atoms with Gasteiger partial charge in [-0.2, -0.15) is 18.3 Å². The highest BCUT2D eigenvalue weighted by Gasteiger charge is 2.30. The van der Waals surface area contributed by atoms with Crippen molar-refractivity contribution in [3.05, 3.63) is 83.6 Å². The lowest BCUT2D eigenvalue weighted by molar-refractivity contribution is -0.137. The van der Waals surface area contributed by atoms with Crippen molar-refractivity contribution in [2.24, 2.45) is 0 Å². The molecule has 0 bridgehead atoms. The molecular weight excluding hydrogens is 395 g/mol. The highest BCUT2D eigenvalue weighted by atomic mass is 19.4. The van der Waals surface area contributed by atoms with Crippen LogP contribution in [0, 0.1) is 6.92 Å². The molecule has 0 saturated heterocycles. The van der Waals surface area contributed by atoms with Gasteiger partial charge in [-0.25, -0.2) is 9.50 Å². The van der Waals surface area contributed by atoms with Crippen LogP contribution in [0.1, 0.15) is 27.2 Å². The third-order valence-corrected chi connectivity index (χ3v) is 4.72. The molecule has 1 aromatic carbocycles. The van der Waals surface area contributed by atoms with Crippen molar-refractivity contribution >= 4 is 11.6 Å². The Hall–Kier alpha value is -3.75. The van der Waals surface area contributed by atoms with Gasteiger partial charge in [-0.05, 0) is 42.3 Å². The topological polar surface area (TPSA) is 72.2 Å². The average molecular weight is 411 g/mol. The third kappa shape index (κ3) is 3.73. The van der Waals surface area contributed by atoms with Crippen LogP contribution in [0.2, 0.25) is 0 Å². The van der Waals surface area contributed by atoms with E-state index in [1.807, 2.05) is 0 Å². The van der Waals surface area contributed by atoms with Gasteiger partial charge in [-0.3, -0.25) is 9.78 Å². The zero-order valence-corrected chi connectivity index (χ0v) is 15.8. The molecule has 4 aromatic rings. The van der Waals surface area contributed by atoms with Crippen molar-refractivity contribution in [3.8, 4) is 11.1 Å². The Morgan fingerprint density at radius 1 is 1.13 bits per heavy atom. The summed E-state index contributed by atoms with van der Waals surface area (Å²) in [4.78, 5) is 20.8. The molecule has 30 heavy (non-hydrogen) atoms. The Bertz CT molecular complexity index is 1220. The normalized spacial score (nSPS) is 11.6. The monoisotopic (exact) mass is 411 g/mol. The van der Waals surface area contributed by atoms with E-state index in [9.17, 15) is 18.0 Å². The summed E-state index contributed by atoms with van der Waals surface area (Å²) in [7, 11) is 0. The van der Waals surface area contributed by atoms with E-state index in [0.29, 0.717) is 34.6 Å². The van der Waals surface area contributed by atoms with Crippen LogP contribution in [-0.2, 0) is 12.7 Å². The minimum atomic E-state index is -4.44. The lowest BCUT2D eigenvalue weighted by atomic mass is 10.1. The first-order chi connectivity index (χ1) is 14.3. The molecule has 0 radical (unpaired) electrons. The van der Waals surface area contributed by atoms with Crippen molar-refractivity contribution in [3.63, 3.8) is 0 Å². The summed E-state index contributed by atoms with van der Waals surface area (Å²) >= 11 is 0. The summed E-state index contributed by atoms with van der Waals surface area (Å²) in [5.41, 5.74) is 2.19. The highest BCUT2D eigenvalue weighted by Crippen LogP contribution is 2.33. The van der Waals surface area contributed by atoms with Gasteiger partial charge < -0.3 is 5.32 Å². The summed E-state index contributed by atoms with van der Waals surface area (Å²) < 4.78 is 40.6. The zero-order valence-electron chi connectivity index (χ0n) is 15.8. The molecule has 0 saturated carbocycles. The van der Waals surface area contributed by atoms with E-state index in [1.54, 1.807) is 37.5 Å². The molecule has 1 amide bonds. The molecule has 3 heterocycles. The lowest BCUT2D eigenvalue weighted by Crippen LogP contribution is -2.24. The largest absolute Gasteiger partial charge is 0.416 e. The van der Waals surface area contributed by atoms with Crippen LogP contribution in [0.25, 0.3) is 16.8 Å². The Kier molecular flexibility index (Phi) is 4.94. The number of pyridine rings is 1. The van der Waals surface area contributed by atoms with Gasteiger partial charge in [0, 0.05) is 30.7 Å². The van der Waals surface area contributed by atoms with Gasteiger partial charge in [-0.1, -0.05) is 12.1 Å². The number of nitrogens with zero attached hydrogens (tertiary/aromatic N) is 4. The minimum absolute atomic E-state index is 0.324. The van der Waals surface area contributed by atoms with Crippen LogP contribution < -0.4 is 5.32 Å². The molecule has 0 unspecified atom stereocenters. The van der Waals surface area contributed by atoms with Gasteiger partial charge in [0.05, 0.1) is 23.0 Å². The number of carbonyl (C=O) groups is 1. The molecule has 3 aromatic heterocycles. The van der Waals surface area contributed by atoms with E-state index in [1.165, 1.54) is 23.0 Å². The molecule has 0 aliphatic heterocycles. The number of carbonyl (C=O) groups excluding carboxylic acids is 1. The molecule has 9 heteroatoms. The van der Waals surface area contributed by atoms with Crippen LogP contribution in [0.5, 0.6) is 0 Å². The second-order valence-electron chi connectivity index (χ2n) is 6.67. The molecule has 0 aliphatic rings. The summed E-state index contributed by atoms with van der Waals surface area (Å²) in [6.07, 6.45) is 1.69. The smallest absolute Gasteiger partial charge is 0.348 e. The average Bonchev–Trinajstić information content (AvgIpc) is 3.18. The number of fused-ring (bicyclic) bond motifs is 1. The lowest BCUT2D eigenvalue weighted by Gasteiger charge is -2.10. The number of hydrogen-bond acceptors (Lipinski definition) is 4. The zero-order chi connectivity index (χ0) is 21.3. The minimum Gasteiger partial charge on any atom is -0.348 e. The molecule has 1 N–H and O–H groups in total. The summed E-state index contributed by atoms with van der Waals surface area (Å²) in [6.45, 7) is 2.03. The van der Waals surface area contributed by atoms with Gasteiger partial charge in [0.15, 0.2) is 5.65 Å². The van der Waals surface area contributed by atoms with E-state index in [-0.39, 0.29) is 5.91 Å². The first-order valence-corrected chi connectivity index (χ1v) is 9.02. The third-order valence-electron chi connectivity index (χ3n) is 4.72. The molecule has 0 spiro atoms. The van der Waals surface area contributed by atoms with Crippen LogP contribution >= 0.6 is 0 Å². The number of amides is 1. The summed E-state index contributed by atoms with van der Waals surface area (Å²) in [6, 6.07) is 8.57. The van der Waals surface area contributed by atoms with Crippen molar-refractivity contribution in [1.29, 1.82) is 0 Å². The SMILES string of the molecule is Cc1c(C(=O)NCc2ccncc2)cnc2c(-c3cccc(C(F)(F)F)c3)cnn12. The van der Waals surface area contributed by atoms with Gasteiger partial charge in [0.2, 0.25) is 0 Å². The Morgan fingerprint density at radius 2 is 1.90 bits per heavy atom. The number of aryl methyl sites for hydroxylation is 1. The fourth-order valence-corrected chi connectivity index (χ4v) is 3.11. The molecule has 0 atom stereocenters. The molecular formula is C21H16F3N5O. The standard InChI is InChI=1S/C21H16F3N5O/c1-13-17(20(30)27-10-14-5-7-25-8-6-14)11-26-19-18(12-28-29(13)19)15-3-2-4-16(9-15)21(22,23)24/h2-9,11-12H,10H2,1H3,(H,27,30). The van der Waals surface area contributed by atoms with Gasteiger partial charge in [0.25, 0.3) is 5.91 Å². The van der Waals surface area contributed by atoms with Crippen LogP contribution in [0.3, 0.4) is 0 Å². The maximum absolute atomic E-state index is 13.0. The predicted octanol–water partition coefficient (Wildman–Crippen LogP) is 4.05. The van der Waals surface area contributed by atoms with Gasteiger partial charge in [0.1, 0.15) is 0 Å². The van der Waals surface area contributed by atoms with Crippen LogP contribution in [-0.4, -0.2) is 25.5 Å². The van der Waals surface area contributed by atoms with Crippen LogP contribution in [0.15, 0.2) is 61.2 Å². The number of nitrogens with one attached hydrogen (secondary N) is 1. The molecule has 0 fully saturated rings.